The lowest BCUT2D eigenvalue weighted by Gasteiger charge is -2.16. The van der Waals surface area contributed by atoms with Gasteiger partial charge < -0.3 is 25.2 Å². The summed E-state index contributed by atoms with van der Waals surface area (Å²) in [4.78, 5) is 34.9. The van der Waals surface area contributed by atoms with Gasteiger partial charge in [0.2, 0.25) is 0 Å². The first kappa shape index (κ1) is 25.0. The van der Waals surface area contributed by atoms with Crippen molar-refractivity contribution >= 4 is 45.8 Å². The van der Waals surface area contributed by atoms with Crippen LogP contribution < -0.4 is 20.1 Å². The minimum atomic E-state index is -1.17. The number of hydrogen-bond donors (Lipinski definition) is 3. The van der Waals surface area contributed by atoms with Crippen molar-refractivity contribution in [3.63, 3.8) is 0 Å². The number of nitrogens with zero attached hydrogens (tertiary/aromatic N) is 4. The van der Waals surface area contributed by atoms with Gasteiger partial charge in [0.1, 0.15) is 31.1 Å². The van der Waals surface area contributed by atoms with E-state index in [1.807, 2.05) is 18.2 Å². The Bertz CT molecular complexity index is 1520. The van der Waals surface area contributed by atoms with Gasteiger partial charge in [-0.25, -0.2) is 14.8 Å². The first-order chi connectivity index (χ1) is 18.3. The molecule has 5 rings (SSSR count). The Balaban J connectivity index is 1.36. The largest absolute Gasteiger partial charge is 0.486 e. The van der Waals surface area contributed by atoms with Gasteiger partial charge in [-0.2, -0.15) is 0 Å². The van der Waals surface area contributed by atoms with Crippen molar-refractivity contribution in [2.45, 2.75) is 25.0 Å². The second-order valence-electron chi connectivity index (χ2n) is 8.70. The van der Waals surface area contributed by atoms with Crippen LogP contribution in [0.15, 0.2) is 61.1 Å². The predicted octanol–water partition coefficient (Wildman–Crippen LogP) is 5.09. The standard InChI is InChI=1S/C25H21ClN6O6/c26-18-9-15(4-5-21(18)37-12-16-3-1-2-8-27-16)30-23-17-10-20(32(35)36)22(11-19(17)28-14-29-23)38-13-25(6-7-25)31-24(33)34/h1-5,8-11,14,31H,6-7,12-13H2,(H,33,34)(H,28,29,30). The number of amides is 1. The predicted molar refractivity (Wildman–Crippen MR) is 138 cm³/mol. The molecule has 2 heterocycles. The molecule has 0 spiro atoms. The minimum Gasteiger partial charge on any atom is -0.486 e. The lowest BCUT2D eigenvalue weighted by atomic mass is 10.2. The van der Waals surface area contributed by atoms with E-state index < -0.39 is 16.6 Å². The number of carboxylic acid groups (broad SMARTS) is 1. The van der Waals surface area contributed by atoms with Crippen LogP contribution in [0.2, 0.25) is 5.02 Å². The van der Waals surface area contributed by atoms with E-state index in [0.717, 1.165) is 5.69 Å². The fraction of sp³-hybridized carbons (Fsp3) is 0.200. The number of nitro benzene ring substituents is 1. The highest BCUT2D eigenvalue weighted by Crippen LogP contribution is 2.39. The fourth-order valence-corrected chi connectivity index (χ4v) is 4.03. The third-order valence-electron chi connectivity index (χ3n) is 5.94. The van der Waals surface area contributed by atoms with Crippen LogP contribution in [0, 0.1) is 10.1 Å². The highest BCUT2D eigenvalue weighted by molar-refractivity contribution is 6.32. The number of carbonyl (C=O) groups is 1. The first-order valence-corrected chi connectivity index (χ1v) is 11.9. The minimum absolute atomic E-state index is 0.0111. The molecule has 0 bridgehead atoms. The van der Waals surface area contributed by atoms with Crippen LogP contribution in [0.4, 0.5) is 22.0 Å². The second-order valence-corrected chi connectivity index (χ2v) is 9.10. The van der Waals surface area contributed by atoms with E-state index >= 15 is 0 Å². The van der Waals surface area contributed by atoms with E-state index in [2.05, 4.69) is 25.6 Å². The summed E-state index contributed by atoms with van der Waals surface area (Å²) >= 11 is 6.41. The van der Waals surface area contributed by atoms with Crippen LogP contribution in [0.3, 0.4) is 0 Å². The summed E-state index contributed by atoms with van der Waals surface area (Å²) in [5, 5.41) is 27.1. The molecular formula is C25H21ClN6O6. The van der Waals surface area contributed by atoms with Crippen molar-refractivity contribution in [3.8, 4) is 11.5 Å². The van der Waals surface area contributed by atoms with Crippen LogP contribution in [0.1, 0.15) is 18.5 Å². The molecule has 13 heteroatoms. The highest BCUT2D eigenvalue weighted by atomic mass is 35.5. The Kier molecular flexibility index (Phi) is 6.79. The molecule has 0 radical (unpaired) electrons. The van der Waals surface area contributed by atoms with Gasteiger partial charge in [-0.05, 0) is 43.2 Å². The summed E-state index contributed by atoms with van der Waals surface area (Å²) in [6.07, 6.45) is 3.01. The molecule has 1 aliphatic rings. The number of halogens is 1. The second kappa shape index (κ2) is 10.3. The number of hydrogen-bond acceptors (Lipinski definition) is 9. The highest BCUT2D eigenvalue weighted by Gasteiger charge is 2.45. The van der Waals surface area contributed by atoms with Crippen LogP contribution in [0.25, 0.3) is 10.9 Å². The van der Waals surface area contributed by atoms with Crippen molar-refractivity contribution in [2.75, 3.05) is 11.9 Å². The maximum atomic E-state index is 11.8. The third-order valence-corrected chi connectivity index (χ3v) is 6.23. The molecule has 1 saturated carbocycles. The van der Waals surface area contributed by atoms with Crippen molar-refractivity contribution < 1.29 is 24.3 Å². The number of rotatable bonds is 10. The Hall–Kier alpha value is -4.71. The van der Waals surface area contributed by atoms with Gasteiger partial charge in [-0.1, -0.05) is 17.7 Å². The van der Waals surface area contributed by atoms with Crippen molar-refractivity contribution in [1.82, 2.24) is 20.3 Å². The first-order valence-electron chi connectivity index (χ1n) is 11.5. The lowest BCUT2D eigenvalue weighted by molar-refractivity contribution is -0.385. The normalized spacial score (nSPS) is 13.5. The van der Waals surface area contributed by atoms with Gasteiger partial charge in [0.15, 0.2) is 5.75 Å². The van der Waals surface area contributed by atoms with E-state index in [9.17, 15) is 14.9 Å². The molecular weight excluding hydrogens is 516 g/mol. The average Bonchev–Trinajstić information content (AvgIpc) is 3.66. The Morgan fingerprint density at radius 1 is 1.11 bits per heavy atom. The molecule has 4 aromatic rings. The molecule has 38 heavy (non-hydrogen) atoms. The lowest BCUT2D eigenvalue weighted by Crippen LogP contribution is -2.40. The smallest absolute Gasteiger partial charge is 0.405 e. The van der Waals surface area contributed by atoms with Gasteiger partial charge in [-0.3, -0.25) is 15.1 Å². The molecule has 2 aromatic carbocycles. The molecule has 0 unspecified atom stereocenters. The van der Waals surface area contributed by atoms with E-state index in [1.54, 1.807) is 24.4 Å². The number of ether oxygens (including phenoxy) is 2. The fourth-order valence-electron chi connectivity index (χ4n) is 3.80. The van der Waals surface area contributed by atoms with Gasteiger partial charge in [-0.15, -0.1) is 0 Å². The third kappa shape index (κ3) is 5.65. The summed E-state index contributed by atoms with van der Waals surface area (Å²) in [5.74, 6) is 0.788. The number of nitro groups is 1. The summed E-state index contributed by atoms with van der Waals surface area (Å²) in [6.45, 7) is 0.223. The number of nitrogens with one attached hydrogen (secondary N) is 2. The number of benzene rings is 2. The molecule has 3 N–H and O–H groups in total. The summed E-state index contributed by atoms with van der Waals surface area (Å²) in [5.41, 5.74) is 0.713. The maximum absolute atomic E-state index is 11.8. The Labute approximate surface area is 220 Å². The zero-order valence-corrected chi connectivity index (χ0v) is 20.5. The molecule has 0 saturated heterocycles. The SMILES string of the molecule is O=C(O)NC1(COc2cc3ncnc(Nc4ccc(OCc5ccccn5)c(Cl)c4)c3cc2[N+](=O)[O-])CC1. The molecule has 12 nitrogen and oxygen atoms in total. The van der Waals surface area contributed by atoms with E-state index in [1.165, 1.54) is 18.5 Å². The van der Waals surface area contributed by atoms with Crippen molar-refractivity contribution in [1.29, 1.82) is 0 Å². The summed E-state index contributed by atoms with van der Waals surface area (Å²) in [6, 6.07) is 13.4. The van der Waals surface area contributed by atoms with Gasteiger partial charge in [0, 0.05) is 24.0 Å². The molecule has 194 valence electrons. The number of pyridine rings is 1. The zero-order valence-electron chi connectivity index (χ0n) is 19.8. The molecule has 2 aromatic heterocycles. The number of aromatic nitrogens is 3. The topological polar surface area (TPSA) is 162 Å². The molecule has 0 aliphatic heterocycles. The quantitative estimate of drug-likeness (QED) is 0.184. The molecule has 1 aliphatic carbocycles. The number of fused-ring (bicyclic) bond motifs is 1. The van der Waals surface area contributed by atoms with E-state index in [4.69, 9.17) is 26.2 Å². The van der Waals surface area contributed by atoms with Gasteiger partial charge in [0.05, 0.1) is 32.1 Å². The van der Waals surface area contributed by atoms with Crippen LogP contribution in [-0.2, 0) is 6.61 Å². The zero-order chi connectivity index (χ0) is 26.7. The molecule has 1 fully saturated rings. The maximum Gasteiger partial charge on any atom is 0.405 e. The molecule has 0 atom stereocenters. The number of anilines is 2. The van der Waals surface area contributed by atoms with E-state index in [0.29, 0.717) is 46.0 Å². The van der Waals surface area contributed by atoms with E-state index in [-0.39, 0.29) is 24.7 Å². The summed E-state index contributed by atoms with van der Waals surface area (Å²) in [7, 11) is 0. The van der Waals surface area contributed by atoms with Crippen LogP contribution in [0.5, 0.6) is 11.5 Å². The van der Waals surface area contributed by atoms with Crippen molar-refractivity contribution in [3.05, 3.63) is 81.9 Å². The van der Waals surface area contributed by atoms with Crippen LogP contribution in [-0.4, -0.2) is 43.2 Å². The van der Waals surface area contributed by atoms with Gasteiger partial charge in [0.25, 0.3) is 0 Å². The molecule has 1 amide bonds. The van der Waals surface area contributed by atoms with Gasteiger partial charge >= 0.3 is 11.8 Å². The van der Waals surface area contributed by atoms with Crippen molar-refractivity contribution in [2.24, 2.45) is 0 Å². The monoisotopic (exact) mass is 536 g/mol. The van der Waals surface area contributed by atoms with Crippen LogP contribution >= 0.6 is 11.6 Å². The Morgan fingerprint density at radius 2 is 1.95 bits per heavy atom. The average molecular weight is 537 g/mol. The Morgan fingerprint density at radius 3 is 2.63 bits per heavy atom. The summed E-state index contributed by atoms with van der Waals surface area (Å²) < 4.78 is 11.4.